The van der Waals surface area contributed by atoms with E-state index in [0.29, 0.717) is 6.04 Å². The molecular weight excluding hydrogens is 298 g/mol. The zero-order valence-electron chi connectivity index (χ0n) is 11.0. The summed E-state index contributed by atoms with van der Waals surface area (Å²) in [5.41, 5.74) is -0.145. The molecule has 1 atom stereocenters. The second-order valence-corrected chi connectivity index (χ2v) is 6.40. The van der Waals surface area contributed by atoms with Gasteiger partial charge in [-0.05, 0) is 54.7 Å². The highest BCUT2D eigenvalue weighted by molar-refractivity contribution is 9.10. The summed E-state index contributed by atoms with van der Waals surface area (Å²) in [5, 5.41) is 5.66. The summed E-state index contributed by atoms with van der Waals surface area (Å²) < 4.78 is 7.07. The molecule has 0 aliphatic rings. The third kappa shape index (κ3) is 4.36. The molecule has 0 bridgehead atoms. The molecule has 0 aromatic carbocycles. The maximum Gasteiger partial charge on any atom is 0.0782 e. The van der Waals surface area contributed by atoms with Crippen LogP contribution in [0.3, 0.4) is 0 Å². The van der Waals surface area contributed by atoms with Crippen LogP contribution in [-0.2, 0) is 11.2 Å². The number of likely N-dealkylation sites (N-methyl/N-ethyl adjacent to an activating group) is 1. The average molecular weight is 320 g/mol. The van der Waals surface area contributed by atoms with Gasteiger partial charge in [-0.25, -0.2) is 0 Å². The minimum absolute atomic E-state index is 0.145. The normalized spacial score (nSPS) is 13.9. The standard InChI is InChI=1S/C13H22BrNOS/c1-5-15-12(13(3,4)16-6-2)9-11-10(14)7-8-17-11/h7-8,12,15H,5-6,9H2,1-4H3. The van der Waals surface area contributed by atoms with E-state index in [4.69, 9.17) is 4.74 Å². The first kappa shape index (κ1) is 15.2. The topological polar surface area (TPSA) is 21.3 Å². The highest BCUT2D eigenvalue weighted by atomic mass is 79.9. The van der Waals surface area contributed by atoms with Gasteiger partial charge in [-0.1, -0.05) is 6.92 Å². The molecule has 1 heterocycles. The Morgan fingerprint density at radius 1 is 1.47 bits per heavy atom. The van der Waals surface area contributed by atoms with E-state index in [2.05, 4.69) is 53.5 Å². The molecule has 0 aliphatic heterocycles. The lowest BCUT2D eigenvalue weighted by Gasteiger charge is -2.34. The van der Waals surface area contributed by atoms with Gasteiger partial charge in [-0.2, -0.15) is 0 Å². The largest absolute Gasteiger partial charge is 0.374 e. The minimum Gasteiger partial charge on any atom is -0.374 e. The van der Waals surface area contributed by atoms with Crippen molar-refractivity contribution in [1.29, 1.82) is 0 Å². The van der Waals surface area contributed by atoms with Crippen molar-refractivity contribution in [2.75, 3.05) is 13.2 Å². The summed E-state index contributed by atoms with van der Waals surface area (Å²) in [6.07, 6.45) is 0.999. The number of nitrogens with one attached hydrogen (secondary N) is 1. The van der Waals surface area contributed by atoms with Crippen molar-refractivity contribution in [3.8, 4) is 0 Å². The van der Waals surface area contributed by atoms with E-state index in [1.54, 1.807) is 11.3 Å². The summed E-state index contributed by atoms with van der Waals surface area (Å²) in [6, 6.07) is 2.44. The number of hydrogen-bond acceptors (Lipinski definition) is 3. The fraction of sp³-hybridized carbons (Fsp3) is 0.692. The summed E-state index contributed by atoms with van der Waals surface area (Å²) in [6.45, 7) is 10.2. The quantitative estimate of drug-likeness (QED) is 0.824. The zero-order chi connectivity index (χ0) is 12.9. The maximum atomic E-state index is 5.86. The highest BCUT2D eigenvalue weighted by Gasteiger charge is 2.30. The Kier molecular flexibility index (Phi) is 6.13. The van der Waals surface area contributed by atoms with Crippen LogP contribution < -0.4 is 5.32 Å². The summed E-state index contributed by atoms with van der Waals surface area (Å²) >= 11 is 5.39. The summed E-state index contributed by atoms with van der Waals surface area (Å²) in [7, 11) is 0. The molecule has 0 aliphatic carbocycles. The van der Waals surface area contributed by atoms with E-state index >= 15 is 0 Å². The van der Waals surface area contributed by atoms with E-state index in [1.165, 1.54) is 9.35 Å². The lowest BCUT2D eigenvalue weighted by atomic mass is 9.94. The van der Waals surface area contributed by atoms with E-state index in [-0.39, 0.29) is 5.60 Å². The molecule has 0 spiro atoms. The Balaban J connectivity index is 2.75. The third-order valence-electron chi connectivity index (χ3n) is 2.89. The Labute approximate surface area is 117 Å². The minimum atomic E-state index is -0.145. The Morgan fingerprint density at radius 2 is 2.18 bits per heavy atom. The van der Waals surface area contributed by atoms with Crippen LogP contribution in [0.25, 0.3) is 0 Å². The summed E-state index contributed by atoms with van der Waals surface area (Å²) in [4.78, 5) is 1.38. The molecule has 1 N–H and O–H groups in total. The molecule has 1 aromatic heterocycles. The smallest absolute Gasteiger partial charge is 0.0782 e. The first-order chi connectivity index (χ1) is 8.01. The van der Waals surface area contributed by atoms with Crippen LogP contribution in [0.1, 0.15) is 32.6 Å². The Morgan fingerprint density at radius 3 is 2.65 bits per heavy atom. The molecule has 0 amide bonds. The summed E-state index contributed by atoms with van der Waals surface area (Å²) in [5.74, 6) is 0. The van der Waals surface area contributed by atoms with Crippen molar-refractivity contribution in [3.05, 3.63) is 20.8 Å². The predicted molar refractivity (Wildman–Crippen MR) is 78.9 cm³/mol. The lowest BCUT2D eigenvalue weighted by Crippen LogP contribution is -2.49. The zero-order valence-corrected chi connectivity index (χ0v) is 13.5. The number of halogens is 1. The van der Waals surface area contributed by atoms with Crippen LogP contribution in [0.2, 0.25) is 0 Å². The fourth-order valence-electron chi connectivity index (χ4n) is 1.94. The molecule has 2 nitrogen and oxygen atoms in total. The van der Waals surface area contributed by atoms with Crippen molar-refractivity contribution < 1.29 is 4.74 Å². The second kappa shape index (κ2) is 6.88. The number of hydrogen-bond donors (Lipinski definition) is 1. The first-order valence-electron chi connectivity index (χ1n) is 6.10. The van der Waals surface area contributed by atoms with Crippen molar-refractivity contribution in [2.45, 2.75) is 45.8 Å². The Hall–Kier alpha value is 0.1000. The number of rotatable bonds is 7. The van der Waals surface area contributed by atoms with Gasteiger partial charge in [0.05, 0.1) is 5.60 Å². The van der Waals surface area contributed by atoms with E-state index in [1.807, 2.05) is 6.92 Å². The monoisotopic (exact) mass is 319 g/mol. The molecule has 1 aromatic rings. The number of ether oxygens (including phenoxy) is 1. The van der Waals surface area contributed by atoms with Crippen LogP contribution in [-0.4, -0.2) is 24.8 Å². The molecule has 0 saturated carbocycles. The van der Waals surface area contributed by atoms with Gasteiger partial charge in [-0.15, -0.1) is 11.3 Å². The average Bonchev–Trinajstić information content (AvgIpc) is 2.64. The van der Waals surface area contributed by atoms with Crippen molar-refractivity contribution in [2.24, 2.45) is 0 Å². The molecule has 17 heavy (non-hydrogen) atoms. The van der Waals surface area contributed by atoms with Gasteiger partial charge in [0.1, 0.15) is 0 Å². The molecule has 1 unspecified atom stereocenters. The maximum absolute atomic E-state index is 5.86. The predicted octanol–water partition coefficient (Wildman–Crippen LogP) is 3.85. The van der Waals surface area contributed by atoms with Gasteiger partial charge in [0.15, 0.2) is 0 Å². The third-order valence-corrected chi connectivity index (χ3v) is 4.84. The fourth-order valence-corrected chi connectivity index (χ4v) is 3.50. The molecule has 4 heteroatoms. The van der Waals surface area contributed by atoms with Crippen LogP contribution in [0.5, 0.6) is 0 Å². The van der Waals surface area contributed by atoms with Crippen LogP contribution in [0.4, 0.5) is 0 Å². The molecule has 0 radical (unpaired) electrons. The van der Waals surface area contributed by atoms with Crippen molar-refractivity contribution in [3.63, 3.8) is 0 Å². The van der Waals surface area contributed by atoms with Gasteiger partial charge in [-0.3, -0.25) is 0 Å². The highest BCUT2D eigenvalue weighted by Crippen LogP contribution is 2.27. The molecule has 1 rings (SSSR count). The second-order valence-electron chi connectivity index (χ2n) is 4.54. The van der Waals surface area contributed by atoms with E-state index < -0.39 is 0 Å². The molecule has 98 valence electrons. The van der Waals surface area contributed by atoms with Crippen molar-refractivity contribution >= 4 is 27.3 Å². The lowest BCUT2D eigenvalue weighted by molar-refractivity contribution is -0.0375. The van der Waals surface area contributed by atoms with Crippen molar-refractivity contribution in [1.82, 2.24) is 5.32 Å². The van der Waals surface area contributed by atoms with E-state index in [0.717, 1.165) is 19.6 Å². The molecule has 0 saturated heterocycles. The van der Waals surface area contributed by atoms with Crippen LogP contribution >= 0.6 is 27.3 Å². The SMILES string of the molecule is CCNC(Cc1sccc1Br)C(C)(C)OCC. The van der Waals surface area contributed by atoms with Gasteiger partial charge in [0.2, 0.25) is 0 Å². The number of thiophene rings is 1. The van der Waals surface area contributed by atoms with Gasteiger partial charge < -0.3 is 10.1 Å². The van der Waals surface area contributed by atoms with Gasteiger partial charge in [0.25, 0.3) is 0 Å². The van der Waals surface area contributed by atoms with E-state index in [9.17, 15) is 0 Å². The van der Waals surface area contributed by atoms with Gasteiger partial charge in [0, 0.05) is 28.4 Å². The van der Waals surface area contributed by atoms with Crippen LogP contribution in [0.15, 0.2) is 15.9 Å². The molecular formula is C13H22BrNOS. The first-order valence-corrected chi connectivity index (χ1v) is 7.77. The van der Waals surface area contributed by atoms with Crippen LogP contribution in [0, 0.1) is 0 Å². The van der Waals surface area contributed by atoms with Gasteiger partial charge >= 0.3 is 0 Å². The molecule has 0 fully saturated rings. The Bertz CT molecular complexity index is 338.